The first-order chi connectivity index (χ1) is 17.4. The van der Waals surface area contributed by atoms with Gasteiger partial charge in [-0.3, -0.25) is 4.79 Å². The number of ether oxygens (including phenoxy) is 5. The Morgan fingerprint density at radius 3 is 1.86 bits per heavy atom. The third-order valence-corrected chi connectivity index (χ3v) is 5.30. The standard InChI is InChI=1S/C28H29NO7/c1-32-21-10-8-20(9-11-21)23(30)12-13-29-22-14-18(15-24(31)27(22)35-4)6-7-19-16-25(33-2)28(36-5)26(17-19)34-3/h6-17,29,31H,1-5H3. The summed E-state index contributed by atoms with van der Waals surface area (Å²) in [7, 11) is 7.67. The van der Waals surface area contributed by atoms with Gasteiger partial charge in [0.1, 0.15) is 5.75 Å². The van der Waals surface area contributed by atoms with Crippen molar-refractivity contribution in [2.45, 2.75) is 0 Å². The normalized spacial score (nSPS) is 10.9. The van der Waals surface area contributed by atoms with Gasteiger partial charge >= 0.3 is 0 Å². The smallest absolute Gasteiger partial charge is 0.203 e. The molecule has 3 aromatic carbocycles. The highest BCUT2D eigenvalue weighted by molar-refractivity contribution is 6.04. The second kappa shape index (κ2) is 12.2. The number of aromatic hydroxyl groups is 1. The van der Waals surface area contributed by atoms with Gasteiger partial charge in [0.2, 0.25) is 5.75 Å². The average Bonchev–Trinajstić information content (AvgIpc) is 2.91. The molecule has 0 aromatic heterocycles. The fourth-order valence-electron chi connectivity index (χ4n) is 3.50. The van der Waals surface area contributed by atoms with Gasteiger partial charge in [0.15, 0.2) is 28.8 Å². The van der Waals surface area contributed by atoms with E-state index in [-0.39, 0.29) is 17.3 Å². The molecule has 0 unspecified atom stereocenters. The summed E-state index contributed by atoms with van der Waals surface area (Å²) in [5, 5.41) is 13.5. The number of anilines is 1. The van der Waals surface area contributed by atoms with E-state index < -0.39 is 0 Å². The van der Waals surface area contributed by atoms with Crippen molar-refractivity contribution in [2.24, 2.45) is 0 Å². The fraction of sp³-hybridized carbons (Fsp3) is 0.179. The largest absolute Gasteiger partial charge is 0.504 e. The first-order valence-electron chi connectivity index (χ1n) is 10.9. The van der Waals surface area contributed by atoms with Gasteiger partial charge in [0, 0.05) is 17.8 Å². The van der Waals surface area contributed by atoms with Gasteiger partial charge in [-0.15, -0.1) is 0 Å². The number of benzene rings is 3. The molecular formula is C28H29NO7. The Bertz CT molecular complexity index is 1240. The van der Waals surface area contributed by atoms with Gasteiger partial charge < -0.3 is 34.1 Å². The Balaban J connectivity index is 1.83. The molecule has 0 saturated heterocycles. The molecule has 36 heavy (non-hydrogen) atoms. The van der Waals surface area contributed by atoms with Crippen molar-refractivity contribution in [2.75, 3.05) is 40.9 Å². The predicted molar refractivity (Wildman–Crippen MR) is 140 cm³/mol. The number of carbonyl (C=O) groups excluding carboxylic acids is 1. The van der Waals surface area contributed by atoms with E-state index in [2.05, 4.69) is 5.32 Å². The van der Waals surface area contributed by atoms with E-state index in [1.807, 2.05) is 24.3 Å². The Morgan fingerprint density at radius 1 is 0.750 bits per heavy atom. The molecule has 3 aromatic rings. The molecule has 0 heterocycles. The van der Waals surface area contributed by atoms with Crippen LogP contribution in [0.25, 0.3) is 12.2 Å². The lowest BCUT2D eigenvalue weighted by Gasteiger charge is -2.13. The quantitative estimate of drug-likeness (QED) is 0.209. The van der Waals surface area contributed by atoms with Crippen LogP contribution >= 0.6 is 0 Å². The van der Waals surface area contributed by atoms with Crippen LogP contribution in [-0.4, -0.2) is 46.4 Å². The zero-order valence-electron chi connectivity index (χ0n) is 20.8. The second-order valence-electron chi connectivity index (χ2n) is 7.48. The van der Waals surface area contributed by atoms with Crippen molar-refractivity contribution in [3.05, 3.63) is 77.5 Å². The van der Waals surface area contributed by atoms with Gasteiger partial charge in [-0.25, -0.2) is 0 Å². The van der Waals surface area contributed by atoms with Gasteiger partial charge in [-0.05, 0) is 59.7 Å². The van der Waals surface area contributed by atoms with Crippen molar-refractivity contribution < 1.29 is 33.6 Å². The number of phenolic OH excluding ortho intramolecular Hbond substituents is 1. The topological polar surface area (TPSA) is 95.5 Å². The molecular weight excluding hydrogens is 462 g/mol. The highest BCUT2D eigenvalue weighted by atomic mass is 16.5. The summed E-state index contributed by atoms with van der Waals surface area (Å²) in [6, 6.07) is 13.8. The number of ketones is 1. The number of methoxy groups -OCH3 is 5. The lowest BCUT2D eigenvalue weighted by Crippen LogP contribution is -1.98. The molecule has 0 radical (unpaired) electrons. The van der Waals surface area contributed by atoms with E-state index in [1.165, 1.54) is 19.4 Å². The molecule has 0 fully saturated rings. The van der Waals surface area contributed by atoms with Crippen LogP contribution in [0.3, 0.4) is 0 Å². The summed E-state index contributed by atoms with van der Waals surface area (Å²) >= 11 is 0. The highest BCUT2D eigenvalue weighted by Gasteiger charge is 2.13. The van der Waals surface area contributed by atoms with Gasteiger partial charge in [0.25, 0.3) is 0 Å². The van der Waals surface area contributed by atoms with Crippen LogP contribution in [-0.2, 0) is 0 Å². The first kappa shape index (κ1) is 26.0. The van der Waals surface area contributed by atoms with E-state index in [9.17, 15) is 9.90 Å². The molecule has 8 nitrogen and oxygen atoms in total. The number of allylic oxidation sites excluding steroid dienone is 1. The van der Waals surface area contributed by atoms with Crippen molar-refractivity contribution in [3.63, 3.8) is 0 Å². The van der Waals surface area contributed by atoms with Crippen molar-refractivity contribution >= 4 is 23.6 Å². The first-order valence-corrected chi connectivity index (χ1v) is 10.9. The Labute approximate surface area is 210 Å². The molecule has 8 heteroatoms. The molecule has 0 aliphatic heterocycles. The van der Waals surface area contributed by atoms with Crippen LogP contribution in [0.15, 0.2) is 60.8 Å². The Morgan fingerprint density at radius 2 is 1.33 bits per heavy atom. The van der Waals surface area contributed by atoms with Crippen LogP contribution < -0.4 is 29.0 Å². The molecule has 0 spiro atoms. The summed E-state index contributed by atoms with van der Waals surface area (Å²) in [4.78, 5) is 12.4. The summed E-state index contributed by atoms with van der Waals surface area (Å²) in [6.07, 6.45) is 6.56. The number of carbonyl (C=O) groups is 1. The molecule has 0 aliphatic rings. The summed E-state index contributed by atoms with van der Waals surface area (Å²) in [5.74, 6) is 2.24. The third kappa shape index (κ3) is 6.09. The van der Waals surface area contributed by atoms with E-state index in [0.29, 0.717) is 39.8 Å². The minimum Gasteiger partial charge on any atom is -0.504 e. The van der Waals surface area contributed by atoms with Crippen molar-refractivity contribution in [1.29, 1.82) is 0 Å². The molecule has 188 valence electrons. The maximum absolute atomic E-state index is 12.4. The summed E-state index contributed by atoms with van der Waals surface area (Å²) < 4.78 is 26.6. The lowest BCUT2D eigenvalue weighted by molar-refractivity contribution is 0.104. The van der Waals surface area contributed by atoms with Crippen LogP contribution in [0.4, 0.5) is 5.69 Å². The second-order valence-corrected chi connectivity index (χ2v) is 7.48. The fourth-order valence-corrected chi connectivity index (χ4v) is 3.50. The third-order valence-electron chi connectivity index (χ3n) is 5.30. The molecule has 0 amide bonds. The van der Waals surface area contributed by atoms with Crippen LogP contribution in [0.1, 0.15) is 21.5 Å². The maximum Gasteiger partial charge on any atom is 0.203 e. The minimum atomic E-state index is -0.188. The van der Waals surface area contributed by atoms with Gasteiger partial charge in [-0.2, -0.15) is 0 Å². The number of phenols is 1. The van der Waals surface area contributed by atoms with Gasteiger partial charge in [-0.1, -0.05) is 12.2 Å². The maximum atomic E-state index is 12.4. The molecule has 0 saturated carbocycles. The lowest BCUT2D eigenvalue weighted by atomic mass is 10.1. The van der Waals surface area contributed by atoms with Crippen LogP contribution in [0, 0.1) is 0 Å². The van der Waals surface area contributed by atoms with Crippen molar-refractivity contribution in [3.8, 4) is 34.5 Å². The average molecular weight is 492 g/mol. The zero-order valence-corrected chi connectivity index (χ0v) is 20.8. The number of nitrogens with one attached hydrogen (secondary N) is 1. The zero-order chi connectivity index (χ0) is 26.1. The molecule has 0 aliphatic carbocycles. The van der Waals surface area contributed by atoms with E-state index >= 15 is 0 Å². The van der Waals surface area contributed by atoms with E-state index in [1.54, 1.807) is 64.8 Å². The van der Waals surface area contributed by atoms with E-state index in [4.69, 9.17) is 23.7 Å². The molecule has 3 rings (SSSR count). The SMILES string of the molecule is COc1ccc(C(=O)C=CNc2cc(C=Cc3cc(OC)c(OC)c(OC)c3)cc(O)c2OC)cc1. The summed E-state index contributed by atoms with van der Waals surface area (Å²) in [6.45, 7) is 0. The van der Waals surface area contributed by atoms with Crippen LogP contribution in [0.5, 0.6) is 34.5 Å². The number of hydrogen-bond acceptors (Lipinski definition) is 8. The highest BCUT2D eigenvalue weighted by Crippen LogP contribution is 2.39. The predicted octanol–water partition coefficient (Wildman–Crippen LogP) is 5.41. The molecule has 2 N–H and O–H groups in total. The molecule has 0 atom stereocenters. The van der Waals surface area contributed by atoms with Crippen molar-refractivity contribution in [1.82, 2.24) is 0 Å². The van der Waals surface area contributed by atoms with Gasteiger partial charge in [0.05, 0.1) is 41.2 Å². The number of hydrogen-bond donors (Lipinski definition) is 2. The Hall–Kier alpha value is -4.59. The minimum absolute atomic E-state index is 0.0538. The van der Waals surface area contributed by atoms with Crippen LogP contribution in [0.2, 0.25) is 0 Å². The number of rotatable bonds is 11. The summed E-state index contributed by atoms with van der Waals surface area (Å²) in [5.41, 5.74) is 2.50. The van der Waals surface area contributed by atoms with E-state index in [0.717, 1.165) is 5.56 Å². The Kier molecular flexibility index (Phi) is 8.83. The monoisotopic (exact) mass is 491 g/mol. The molecule has 0 bridgehead atoms.